The number of hydrogen-bond acceptors (Lipinski definition) is 0. The van der Waals surface area contributed by atoms with Gasteiger partial charge in [0.15, 0.2) is 0 Å². The van der Waals surface area contributed by atoms with Crippen LogP contribution < -0.4 is 0 Å². The molecule has 0 nitrogen and oxygen atoms in total. The lowest BCUT2D eigenvalue weighted by atomic mass is 9.84. The zero-order valence-electron chi connectivity index (χ0n) is 6.23. The summed E-state index contributed by atoms with van der Waals surface area (Å²) in [6, 6.07) is 0. The third-order valence-corrected chi connectivity index (χ3v) is 3.64. The summed E-state index contributed by atoms with van der Waals surface area (Å²) >= 11 is 3.69. The Morgan fingerprint density at radius 1 is 1.22 bits per heavy atom. The molecule has 0 aromatic carbocycles. The Bertz CT molecular complexity index is 90.6. The molecule has 1 fully saturated rings. The first-order chi connectivity index (χ1) is 4.20. The van der Waals surface area contributed by atoms with E-state index < -0.39 is 0 Å². The van der Waals surface area contributed by atoms with Crippen molar-refractivity contribution in [3.05, 3.63) is 0 Å². The van der Waals surface area contributed by atoms with Crippen molar-refractivity contribution >= 4 is 15.9 Å². The second-order valence-electron chi connectivity index (χ2n) is 3.41. The monoisotopic (exact) mass is 190 g/mol. The van der Waals surface area contributed by atoms with Gasteiger partial charge < -0.3 is 0 Å². The summed E-state index contributed by atoms with van der Waals surface area (Å²) in [5.74, 6) is 1.85. The van der Waals surface area contributed by atoms with Crippen molar-refractivity contribution in [2.45, 2.75) is 37.9 Å². The highest BCUT2D eigenvalue weighted by Gasteiger charge is 2.22. The standard InChI is InChI=1S/C8H15Br/c1-6-3-4-7(2)8(9)5-6/h6-8H,3-5H2,1-2H3. The van der Waals surface area contributed by atoms with Gasteiger partial charge in [0.25, 0.3) is 0 Å². The third kappa shape index (κ3) is 1.96. The predicted octanol–water partition coefficient (Wildman–Crippen LogP) is 3.21. The predicted molar refractivity (Wildman–Crippen MR) is 44.9 cm³/mol. The maximum Gasteiger partial charge on any atom is 0.0174 e. The van der Waals surface area contributed by atoms with Gasteiger partial charge in [0, 0.05) is 4.83 Å². The van der Waals surface area contributed by atoms with Gasteiger partial charge >= 0.3 is 0 Å². The fourth-order valence-corrected chi connectivity index (χ4v) is 2.37. The number of hydrogen-bond donors (Lipinski definition) is 0. The van der Waals surface area contributed by atoms with Crippen molar-refractivity contribution in [1.29, 1.82) is 0 Å². The maximum absolute atomic E-state index is 3.69. The summed E-state index contributed by atoms with van der Waals surface area (Å²) in [7, 11) is 0. The lowest BCUT2D eigenvalue weighted by molar-refractivity contribution is 0.322. The molecule has 3 atom stereocenters. The lowest BCUT2D eigenvalue weighted by Gasteiger charge is -2.28. The van der Waals surface area contributed by atoms with E-state index in [9.17, 15) is 0 Å². The highest BCUT2D eigenvalue weighted by Crippen LogP contribution is 2.32. The van der Waals surface area contributed by atoms with E-state index in [0.29, 0.717) is 0 Å². The van der Waals surface area contributed by atoms with Crippen LogP contribution in [-0.2, 0) is 0 Å². The summed E-state index contributed by atoms with van der Waals surface area (Å²) in [5.41, 5.74) is 0. The number of rotatable bonds is 0. The summed E-state index contributed by atoms with van der Waals surface area (Å²) in [6.45, 7) is 4.69. The summed E-state index contributed by atoms with van der Waals surface area (Å²) in [5, 5.41) is 0. The normalized spacial score (nSPS) is 45.0. The second-order valence-corrected chi connectivity index (χ2v) is 4.59. The zero-order chi connectivity index (χ0) is 6.85. The molecule has 0 aliphatic heterocycles. The molecule has 0 radical (unpaired) electrons. The van der Waals surface area contributed by atoms with Crippen LogP contribution in [0.25, 0.3) is 0 Å². The molecule has 1 aliphatic rings. The van der Waals surface area contributed by atoms with Crippen LogP contribution in [0.15, 0.2) is 0 Å². The molecule has 1 heteroatoms. The first-order valence-corrected chi connectivity index (χ1v) is 4.75. The van der Waals surface area contributed by atoms with Crippen LogP contribution in [0.4, 0.5) is 0 Å². The third-order valence-electron chi connectivity index (χ3n) is 2.36. The van der Waals surface area contributed by atoms with Crippen molar-refractivity contribution in [3.8, 4) is 0 Å². The Kier molecular flexibility index (Phi) is 2.57. The molecule has 1 saturated carbocycles. The van der Waals surface area contributed by atoms with E-state index in [1.807, 2.05) is 0 Å². The van der Waals surface area contributed by atoms with Crippen LogP contribution >= 0.6 is 15.9 Å². The molecule has 0 amide bonds. The molecule has 3 unspecified atom stereocenters. The number of halogens is 1. The van der Waals surface area contributed by atoms with Crippen LogP contribution in [0.5, 0.6) is 0 Å². The fourth-order valence-electron chi connectivity index (χ4n) is 1.46. The van der Waals surface area contributed by atoms with Gasteiger partial charge in [-0.25, -0.2) is 0 Å². The molecule has 1 rings (SSSR count). The van der Waals surface area contributed by atoms with Crippen molar-refractivity contribution in [1.82, 2.24) is 0 Å². The second kappa shape index (κ2) is 3.05. The van der Waals surface area contributed by atoms with E-state index in [0.717, 1.165) is 16.7 Å². The largest absolute Gasteiger partial charge is 0.0888 e. The maximum atomic E-state index is 3.69. The Labute approximate surface area is 66.2 Å². The van der Waals surface area contributed by atoms with E-state index in [2.05, 4.69) is 29.8 Å². The van der Waals surface area contributed by atoms with Gasteiger partial charge in [-0.2, -0.15) is 0 Å². The summed E-state index contributed by atoms with van der Waals surface area (Å²) in [6.07, 6.45) is 4.22. The quantitative estimate of drug-likeness (QED) is 0.516. The van der Waals surface area contributed by atoms with Crippen molar-refractivity contribution < 1.29 is 0 Å². The highest BCUT2D eigenvalue weighted by molar-refractivity contribution is 9.09. The van der Waals surface area contributed by atoms with Crippen LogP contribution in [-0.4, -0.2) is 4.83 Å². The molecule has 0 aromatic rings. The lowest BCUT2D eigenvalue weighted by Crippen LogP contribution is -2.20. The molecular formula is C8H15Br. The van der Waals surface area contributed by atoms with Gasteiger partial charge in [-0.05, 0) is 24.7 Å². The smallest absolute Gasteiger partial charge is 0.0174 e. The first kappa shape index (κ1) is 7.59. The highest BCUT2D eigenvalue weighted by atomic mass is 79.9. The van der Waals surface area contributed by atoms with Crippen LogP contribution in [0.3, 0.4) is 0 Å². The molecule has 1 aliphatic carbocycles. The summed E-state index contributed by atoms with van der Waals surface area (Å²) in [4.78, 5) is 0.793. The van der Waals surface area contributed by atoms with Crippen molar-refractivity contribution in [3.63, 3.8) is 0 Å². The Morgan fingerprint density at radius 3 is 2.33 bits per heavy atom. The fraction of sp³-hybridized carbons (Fsp3) is 1.00. The molecule has 0 spiro atoms. The van der Waals surface area contributed by atoms with E-state index in [4.69, 9.17) is 0 Å². The van der Waals surface area contributed by atoms with Gasteiger partial charge in [0.05, 0.1) is 0 Å². The van der Waals surface area contributed by atoms with Crippen LogP contribution in [0.1, 0.15) is 33.1 Å². The molecule has 0 heterocycles. The van der Waals surface area contributed by atoms with E-state index in [1.165, 1.54) is 19.3 Å². The van der Waals surface area contributed by atoms with Gasteiger partial charge in [-0.15, -0.1) is 0 Å². The molecule has 0 aromatic heterocycles. The van der Waals surface area contributed by atoms with Gasteiger partial charge in [-0.1, -0.05) is 36.2 Å². The SMILES string of the molecule is CC1CCC(C)C(Br)C1. The van der Waals surface area contributed by atoms with Crippen molar-refractivity contribution in [2.24, 2.45) is 11.8 Å². The van der Waals surface area contributed by atoms with Gasteiger partial charge in [0.2, 0.25) is 0 Å². The van der Waals surface area contributed by atoms with Gasteiger partial charge in [-0.3, -0.25) is 0 Å². The average molecular weight is 191 g/mol. The van der Waals surface area contributed by atoms with Crippen LogP contribution in [0, 0.1) is 11.8 Å². The minimum atomic E-state index is 0.793. The number of alkyl halides is 1. The molecule has 0 saturated heterocycles. The zero-order valence-corrected chi connectivity index (χ0v) is 7.82. The molecule has 0 bridgehead atoms. The average Bonchev–Trinajstić information content (AvgIpc) is 1.80. The molecular weight excluding hydrogens is 176 g/mol. The minimum Gasteiger partial charge on any atom is -0.0888 e. The van der Waals surface area contributed by atoms with E-state index >= 15 is 0 Å². The first-order valence-electron chi connectivity index (χ1n) is 3.84. The van der Waals surface area contributed by atoms with E-state index in [-0.39, 0.29) is 0 Å². The van der Waals surface area contributed by atoms with Crippen LogP contribution in [0.2, 0.25) is 0 Å². The minimum absolute atomic E-state index is 0.793. The molecule has 9 heavy (non-hydrogen) atoms. The topological polar surface area (TPSA) is 0 Å². The molecule has 0 N–H and O–H groups in total. The van der Waals surface area contributed by atoms with Crippen molar-refractivity contribution in [2.75, 3.05) is 0 Å². The molecule has 54 valence electrons. The van der Waals surface area contributed by atoms with Gasteiger partial charge in [0.1, 0.15) is 0 Å². The van der Waals surface area contributed by atoms with E-state index in [1.54, 1.807) is 0 Å². The Hall–Kier alpha value is 0.480. The Balaban J connectivity index is 2.35. The Morgan fingerprint density at radius 2 is 1.89 bits per heavy atom. The summed E-state index contributed by atoms with van der Waals surface area (Å²) < 4.78 is 0.